The van der Waals surface area contributed by atoms with Crippen molar-refractivity contribution in [3.63, 3.8) is 0 Å². The quantitative estimate of drug-likeness (QED) is 0.492. The third-order valence-corrected chi connectivity index (χ3v) is 0.864. The molecule has 6 heavy (non-hydrogen) atoms. The molecule has 0 heterocycles. The molecule has 0 spiro atoms. The Hall–Kier alpha value is 0.250. The van der Waals surface area contributed by atoms with Crippen molar-refractivity contribution >= 4 is 11.6 Å². The lowest BCUT2D eigenvalue weighted by atomic mass is 10.2. The van der Waals surface area contributed by atoms with E-state index in [-0.39, 0.29) is 5.88 Å². The average Bonchev–Trinajstić information content (AvgIpc) is 1.35. The molecule has 1 N–H and O–H groups in total. The van der Waals surface area contributed by atoms with Crippen LogP contribution in [0.2, 0.25) is 0 Å². The minimum atomic E-state index is -0.943. The summed E-state index contributed by atoms with van der Waals surface area (Å²) in [5.41, 5.74) is -0.943. The number of hydrogen-bond acceptors (Lipinski definition) is 1. The second-order valence-corrected chi connectivity index (χ2v) is 1.90. The molecule has 37 valence electrons. The Balaban J connectivity index is 3.17. The van der Waals surface area contributed by atoms with Crippen LogP contribution in [0.15, 0.2) is 0 Å². The minimum Gasteiger partial charge on any atom is -0.389 e. The molecule has 0 aliphatic rings. The van der Waals surface area contributed by atoms with E-state index in [4.69, 9.17) is 16.7 Å². The van der Waals surface area contributed by atoms with E-state index in [0.717, 1.165) is 0 Å². The smallest absolute Gasteiger partial charge is 0.0755 e. The van der Waals surface area contributed by atoms with E-state index in [1.54, 1.807) is 6.92 Å². The number of hydrogen-bond donors (Lipinski definition) is 1. The molecule has 1 radical (unpaired) electrons. The number of aliphatic hydroxyl groups is 1. The first-order chi connectivity index (χ1) is 2.56. The molecule has 0 aromatic heterocycles. The van der Waals surface area contributed by atoms with E-state index in [1.165, 1.54) is 0 Å². The molecule has 1 atom stereocenters. The largest absolute Gasteiger partial charge is 0.389 e. The highest BCUT2D eigenvalue weighted by Crippen LogP contribution is 2.00. The summed E-state index contributed by atoms with van der Waals surface area (Å²) < 4.78 is 0. The molecule has 0 rings (SSSR count). The van der Waals surface area contributed by atoms with E-state index >= 15 is 0 Å². The third-order valence-electron chi connectivity index (χ3n) is 0.288. The van der Waals surface area contributed by atoms with Crippen molar-refractivity contribution in [2.75, 3.05) is 5.88 Å². The van der Waals surface area contributed by atoms with Crippen LogP contribution in [0.3, 0.4) is 0 Å². The van der Waals surface area contributed by atoms with Crippen LogP contribution in [-0.2, 0) is 0 Å². The van der Waals surface area contributed by atoms with Crippen molar-refractivity contribution in [2.24, 2.45) is 0 Å². The summed E-state index contributed by atoms with van der Waals surface area (Å²) in [7, 11) is 0. The normalized spacial score (nSPS) is 12.0. The minimum absolute atomic E-state index is 0.188. The molecule has 0 saturated carbocycles. The van der Waals surface area contributed by atoms with Gasteiger partial charge in [-0.3, -0.25) is 0 Å². The van der Waals surface area contributed by atoms with Gasteiger partial charge >= 0.3 is 0 Å². The Morgan fingerprint density at radius 3 is 2.17 bits per heavy atom. The van der Waals surface area contributed by atoms with Crippen LogP contribution in [0.1, 0.15) is 6.92 Å². The van der Waals surface area contributed by atoms with Gasteiger partial charge in [0.15, 0.2) is 0 Å². The lowest BCUT2D eigenvalue weighted by molar-refractivity contribution is 0.134. The van der Waals surface area contributed by atoms with Crippen molar-refractivity contribution in [2.45, 2.75) is 12.5 Å². The number of halogens is 1. The molecular weight excluding hydrogens is 99.5 g/mol. The molecule has 0 bridgehead atoms. The van der Waals surface area contributed by atoms with E-state index in [2.05, 4.69) is 6.92 Å². The van der Waals surface area contributed by atoms with Gasteiger partial charge in [-0.2, -0.15) is 0 Å². The third kappa shape index (κ3) is 4.25. The van der Waals surface area contributed by atoms with Gasteiger partial charge in [-0.15, -0.1) is 11.6 Å². The van der Waals surface area contributed by atoms with Gasteiger partial charge in [0, 0.05) is 0 Å². The molecule has 0 saturated heterocycles. The van der Waals surface area contributed by atoms with Gasteiger partial charge in [0.25, 0.3) is 0 Å². The van der Waals surface area contributed by atoms with Crippen LogP contribution in [0.5, 0.6) is 0 Å². The molecule has 0 aliphatic heterocycles. The van der Waals surface area contributed by atoms with Gasteiger partial charge in [0.05, 0.1) is 11.5 Å². The maximum Gasteiger partial charge on any atom is 0.0755 e. The molecule has 0 aliphatic carbocycles. The summed E-state index contributed by atoms with van der Waals surface area (Å²) in [5, 5.41) is 8.58. The monoisotopic (exact) mass is 107 g/mol. The topological polar surface area (TPSA) is 20.2 Å². The van der Waals surface area contributed by atoms with E-state index in [1.807, 2.05) is 0 Å². The van der Waals surface area contributed by atoms with Crippen molar-refractivity contribution in [1.82, 2.24) is 0 Å². The molecule has 1 unspecified atom stereocenters. The van der Waals surface area contributed by atoms with Crippen molar-refractivity contribution in [3.8, 4) is 0 Å². The maximum absolute atomic E-state index is 8.58. The fourth-order valence-corrected chi connectivity index (χ4v) is 0. The van der Waals surface area contributed by atoms with Gasteiger partial charge < -0.3 is 5.11 Å². The van der Waals surface area contributed by atoms with Gasteiger partial charge in [0.1, 0.15) is 0 Å². The van der Waals surface area contributed by atoms with E-state index in [0.29, 0.717) is 0 Å². The highest BCUT2D eigenvalue weighted by atomic mass is 35.5. The second kappa shape index (κ2) is 1.80. The zero-order valence-corrected chi connectivity index (χ0v) is 4.50. The SMILES string of the molecule is [CH2]C(C)(O)CCl. The molecule has 0 aromatic rings. The summed E-state index contributed by atoms with van der Waals surface area (Å²) >= 11 is 5.17. The maximum atomic E-state index is 8.58. The van der Waals surface area contributed by atoms with Crippen molar-refractivity contribution < 1.29 is 5.11 Å². The predicted octanol–water partition coefficient (Wildman–Crippen LogP) is 0.810. The van der Waals surface area contributed by atoms with Crippen LogP contribution in [-0.4, -0.2) is 16.6 Å². The Kier molecular flexibility index (Phi) is 1.88. The fourth-order valence-electron chi connectivity index (χ4n) is 0. The number of rotatable bonds is 1. The zero-order valence-electron chi connectivity index (χ0n) is 3.74. The molecule has 0 amide bonds. The van der Waals surface area contributed by atoms with E-state index < -0.39 is 5.60 Å². The fraction of sp³-hybridized carbons (Fsp3) is 0.750. The van der Waals surface area contributed by atoms with Gasteiger partial charge in [-0.05, 0) is 13.8 Å². The molecule has 1 nitrogen and oxygen atoms in total. The summed E-state index contributed by atoms with van der Waals surface area (Å²) in [4.78, 5) is 0. The summed E-state index contributed by atoms with van der Waals surface area (Å²) in [6.45, 7) is 4.87. The first-order valence-corrected chi connectivity index (χ1v) is 2.23. The number of alkyl halides is 1. The van der Waals surface area contributed by atoms with E-state index in [9.17, 15) is 0 Å². The predicted molar refractivity (Wildman–Crippen MR) is 26.7 cm³/mol. The lowest BCUT2D eigenvalue weighted by Gasteiger charge is -2.09. The Morgan fingerprint density at radius 1 is 2.00 bits per heavy atom. The molecule has 0 fully saturated rings. The lowest BCUT2D eigenvalue weighted by Crippen LogP contribution is -2.20. The Bertz CT molecular complexity index is 37.3. The van der Waals surface area contributed by atoms with Gasteiger partial charge in [0.2, 0.25) is 0 Å². The first kappa shape index (κ1) is 6.25. The van der Waals surface area contributed by atoms with Gasteiger partial charge in [-0.25, -0.2) is 0 Å². The van der Waals surface area contributed by atoms with Crippen LogP contribution >= 0.6 is 11.6 Å². The summed E-state index contributed by atoms with van der Waals surface area (Å²) in [5.74, 6) is 0.188. The highest BCUT2D eigenvalue weighted by Gasteiger charge is 2.07. The van der Waals surface area contributed by atoms with Crippen LogP contribution in [0, 0.1) is 6.92 Å². The molecule has 0 aromatic carbocycles. The average molecular weight is 108 g/mol. The van der Waals surface area contributed by atoms with Crippen LogP contribution in [0.4, 0.5) is 0 Å². The second-order valence-electron chi connectivity index (χ2n) is 1.63. The van der Waals surface area contributed by atoms with Crippen LogP contribution in [0.25, 0.3) is 0 Å². The van der Waals surface area contributed by atoms with Crippen LogP contribution < -0.4 is 0 Å². The van der Waals surface area contributed by atoms with Crippen molar-refractivity contribution in [1.29, 1.82) is 0 Å². The molecule has 2 heteroatoms. The Morgan fingerprint density at radius 2 is 2.17 bits per heavy atom. The van der Waals surface area contributed by atoms with Gasteiger partial charge in [-0.1, -0.05) is 0 Å². The summed E-state index contributed by atoms with van der Waals surface area (Å²) in [6, 6.07) is 0. The highest BCUT2D eigenvalue weighted by molar-refractivity contribution is 6.18. The Labute approximate surface area is 42.9 Å². The van der Waals surface area contributed by atoms with Crippen molar-refractivity contribution in [3.05, 3.63) is 6.92 Å². The standard InChI is InChI=1S/C4H8ClO/c1-4(2,6)3-5/h6H,1,3H2,2H3. The summed E-state index contributed by atoms with van der Waals surface area (Å²) in [6.07, 6.45) is 0. The zero-order chi connectivity index (χ0) is 5.21. The first-order valence-electron chi connectivity index (χ1n) is 1.70. The molecular formula is C4H8ClO.